The molecule has 0 radical (unpaired) electrons. The minimum Gasteiger partial charge on any atom is -0.355 e. The lowest BCUT2D eigenvalue weighted by Crippen LogP contribution is -2.14. The van der Waals surface area contributed by atoms with Gasteiger partial charge in [-0.05, 0) is 49.4 Å². The Morgan fingerprint density at radius 3 is 1.95 bits per heavy atom. The van der Waals surface area contributed by atoms with Crippen molar-refractivity contribution in [3.63, 3.8) is 0 Å². The second-order valence-electron chi connectivity index (χ2n) is 4.37. The number of nitrogens with one attached hydrogen (secondary N) is 2. The Kier molecular flexibility index (Phi) is 4.98. The number of benzene rings is 2. The monoisotopic (exact) mass is 344 g/mol. The van der Waals surface area contributed by atoms with Gasteiger partial charge in [-0.2, -0.15) is 0 Å². The maximum absolute atomic E-state index is 11.5. The molecule has 2 N–H and O–H groups in total. The van der Waals surface area contributed by atoms with Gasteiger partial charge in [-0.25, -0.2) is 8.42 Å². The smallest absolute Gasteiger partial charge is 0.232 e. The molecule has 4 nitrogen and oxygen atoms in total. The Morgan fingerprint density at radius 1 is 0.905 bits per heavy atom. The Labute approximate surface area is 134 Å². The predicted octanol–water partition coefficient (Wildman–Crippen LogP) is 4.50. The topological polar surface area (TPSA) is 58.2 Å². The van der Waals surface area contributed by atoms with E-state index in [0.717, 1.165) is 11.4 Å². The summed E-state index contributed by atoms with van der Waals surface area (Å²) in [5.74, 6) is 0.0357. The van der Waals surface area contributed by atoms with Gasteiger partial charge >= 0.3 is 0 Å². The maximum Gasteiger partial charge on any atom is 0.232 e. The van der Waals surface area contributed by atoms with Gasteiger partial charge in [0.25, 0.3) is 0 Å². The second kappa shape index (κ2) is 6.56. The third kappa shape index (κ3) is 4.81. The summed E-state index contributed by atoms with van der Waals surface area (Å²) in [4.78, 5) is 0. The molecule has 2 aromatic rings. The molecule has 0 saturated heterocycles. The van der Waals surface area contributed by atoms with Crippen LogP contribution in [0.25, 0.3) is 0 Å². The van der Waals surface area contributed by atoms with Crippen molar-refractivity contribution >= 4 is 50.3 Å². The van der Waals surface area contributed by atoms with Crippen molar-refractivity contribution in [1.29, 1.82) is 0 Å². The van der Waals surface area contributed by atoms with Crippen LogP contribution < -0.4 is 10.0 Å². The minimum absolute atomic E-state index is 0.0357. The Hall–Kier alpha value is -1.43. The van der Waals surface area contributed by atoms with Crippen LogP contribution in [0.15, 0.2) is 42.5 Å². The first-order chi connectivity index (χ1) is 9.88. The third-order valence-electron chi connectivity index (χ3n) is 2.69. The molecular weight excluding hydrogens is 331 g/mol. The molecule has 0 heterocycles. The lowest BCUT2D eigenvalue weighted by atomic mass is 10.2. The normalized spacial score (nSPS) is 11.2. The van der Waals surface area contributed by atoms with E-state index >= 15 is 0 Å². The van der Waals surface area contributed by atoms with E-state index < -0.39 is 10.0 Å². The fourth-order valence-electron chi connectivity index (χ4n) is 1.67. The highest BCUT2D eigenvalue weighted by Gasteiger charge is 2.06. The van der Waals surface area contributed by atoms with Crippen LogP contribution in [0.1, 0.15) is 6.92 Å². The van der Waals surface area contributed by atoms with Crippen molar-refractivity contribution in [2.24, 2.45) is 0 Å². The summed E-state index contributed by atoms with van der Waals surface area (Å²) in [6.45, 7) is 1.58. The van der Waals surface area contributed by atoms with Gasteiger partial charge in [-0.3, -0.25) is 4.72 Å². The van der Waals surface area contributed by atoms with Gasteiger partial charge in [0, 0.05) is 27.1 Å². The second-order valence-corrected chi connectivity index (χ2v) is 7.25. The lowest BCUT2D eigenvalue weighted by molar-refractivity contribution is 0.602. The fourth-order valence-corrected chi connectivity index (χ4v) is 2.83. The molecule has 2 aromatic carbocycles. The quantitative estimate of drug-likeness (QED) is 0.839. The van der Waals surface area contributed by atoms with Crippen LogP contribution in [0.3, 0.4) is 0 Å². The minimum atomic E-state index is -3.26. The van der Waals surface area contributed by atoms with E-state index in [9.17, 15) is 8.42 Å². The van der Waals surface area contributed by atoms with Crippen LogP contribution in [-0.4, -0.2) is 14.2 Å². The first-order valence-corrected chi connectivity index (χ1v) is 8.62. The van der Waals surface area contributed by atoms with Gasteiger partial charge in [0.2, 0.25) is 10.0 Å². The van der Waals surface area contributed by atoms with Gasteiger partial charge in [0.05, 0.1) is 5.75 Å². The van der Waals surface area contributed by atoms with E-state index in [4.69, 9.17) is 23.2 Å². The van der Waals surface area contributed by atoms with Crippen LogP contribution in [-0.2, 0) is 10.0 Å². The molecule has 0 spiro atoms. The molecule has 0 aliphatic carbocycles. The van der Waals surface area contributed by atoms with Crippen molar-refractivity contribution in [2.45, 2.75) is 6.92 Å². The zero-order valence-corrected chi connectivity index (χ0v) is 13.6. The molecule has 0 bridgehead atoms. The number of anilines is 3. The van der Waals surface area contributed by atoms with Crippen LogP contribution in [0.4, 0.5) is 17.1 Å². The molecule has 112 valence electrons. The van der Waals surface area contributed by atoms with Crippen LogP contribution >= 0.6 is 23.2 Å². The van der Waals surface area contributed by atoms with Gasteiger partial charge in [0.1, 0.15) is 0 Å². The molecule has 0 atom stereocenters. The van der Waals surface area contributed by atoms with Gasteiger partial charge in [0.15, 0.2) is 0 Å². The lowest BCUT2D eigenvalue weighted by Gasteiger charge is -2.10. The number of rotatable bonds is 5. The molecule has 0 aliphatic rings. The zero-order chi connectivity index (χ0) is 15.5. The average Bonchev–Trinajstić information content (AvgIpc) is 2.39. The Morgan fingerprint density at radius 2 is 1.43 bits per heavy atom. The summed E-state index contributed by atoms with van der Waals surface area (Å²) in [5.41, 5.74) is 2.08. The molecule has 0 saturated carbocycles. The standard InChI is InChI=1S/C14H14Cl2N2O2S/c1-2-21(19,20)18-13-5-3-12(4-6-13)17-14-8-10(15)7-11(16)9-14/h3-9,17-18H,2H2,1H3. The molecule has 0 unspecified atom stereocenters. The van der Waals surface area contributed by atoms with Crippen LogP contribution in [0.2, 0.25) is 10.0 Å². The fraction of sp³-hybridized carbons (Fsp3) is 0.143. The summed E-state index contributed by atoms with van der Waals surface area (Å²) in [7, 11) is -3.26. The average molecular weight is 345 g/mol. The first kappa shape index (κ1) is 15.9. The Bertz CT molecular complexity index is 711. The van der Waals surface area contributed by atoms with E-state index in [1.165, 1.54) is 0 Å². The van der Waals surface area contributed by atoms with E-state index in [1.54, 1.807) is 49.4 Å². The van der Waals surface area contributed by atoms with E-state index in [2.05, 4.69) is 10.0 Å². The van der Waals surface area contributed by atoms with Crippen LogP contribution in [0, 0.1) is 0 Å². The Balaban J connectivity index is 2.12. The molecular formula is C14H14Cl2N2O2S. The molecule has 0 amide bonds. The van der Waals surface area contributed by atoms with Crippen molar-refractivity contribution < 1.29 is 8.42 Å². The number of sulfonamides is 1. The predicted molar refractivity (Wildman–Crippen MR) is 89.3 cm³/mol. The van der Waals surface area contributed by atoms with Crippen molar-refractivity contribution in [1.82, 2.24) is 0 Å². The van der Waals surface area contributed by atoms with E-state index in [-0.39, 0.29) is 5.75 Å². The zero-order valence-electron chi connectivity index (χ0n) is 11.2. The van der Waals surface area contributed by atoms with Gasteiger partial charge < -0.3 is 5.32 Å². The molecule has 0 fully saturated rings. The van der Waals surface area contributed by atoms with E-state index in [0.29, 0.717) is 15.7 Å². The molecule has 7 heteroatoms. The molecule has 0 aliphatic heterocycles. The number of halogens is 2. The number of hydrogen-bond acceptors (Lipinski definition) is 3. The molecule has 21 heavy (non-hydrogen) atoms. The summed E-state index contributed by atoms with van der Waals surface area (Å²) in [5, 5.41) is 4.22. The molecule has 2 rings (SSSR count). The summed E-state index contributed by atoms with van der Waals surface area (Å²) < 4.78 is 25.4. The van der Waals surface area contributed by atoms with Crippen molar-refractivity contribution in [2.75, 3.05) is 15.8 Å². The molecule has 0 aromatic heterocycles. The third-order valence-corrected chi connectivity index (χ3v) is 4.43. The van der Waals surface area contributed by atoms with Crippen molar-refractivity contribution in [3.05, 3.63) is 52.5 Å². The van der Waals surface area contributed by atoms with Crippen LogP contribution in [0.5, 0.6) is 0 Å². The SMILES string of the molecule is CCS(=O)(=O)Nc1ccc(Nc2cc(Cl)cc(Cl)c2)cc1. The van der Waals surface area contributed by atoms with Crippen molar-refractivity contribution in [3.8, 4) is 0 Å². The van der Waals surface area contributed by atoms with E-state index in [1.807, 2.05) is 0 Å². The first-order valence-electron chi connectivity index (χ1n) is 6.21. The summed E-state index contributed by atoms with van der Waals surface area (Å²) in [6.07, 6.45) is 0. The summed E-state index contributed by atoms with van der Waals surface area (Å²) in [6, 6.07) is 12.0. The van der Waals surface area contributed by atoms with Gasteiger partial charge in [-0.15, -0.1) is 0 Å². The maximum atomic E-state index is 11.5. The highest BCUT2D eigenvalue weighted by Crippen LogP contribution is 2.26. The van der Waals surface area contributed by atoms with Gasteiger partial charge in [-0.1, -0.05) is 23.2 Å². The highest BCUT2D eigenvalue weighted by atomic mass is 35.5. The summed E-state index contributed by atoms with van der Waals surface area (Å²) >= 11 is 11.9. The largest absolute Gasteiger partial charge is 0.355 e. The number of hydrogen-bond donors (Lipinski definition) is 2. The highest BCUT2D eigenvalue weighted by molar-refractivity contribution is 7.92.